The third-order valence-electron chi connectivity index (χ3n) is 6.04. The number of fused-ring (bicyclic) bond motifs is 2. The lowest BCUT2D eigenvalue weighted by molar-refractivity contribution is -0.135. The van der Waals surface area contributed by atoms with E-state index in [1.165, 1.54) is 22.3 Å². The molecule has 0 bridgehead atoms. The number of rotatable bonds is 6. The zero-order valence-electron chi connectivity index (χ0n) is 18.0. The van der Waals surface area contributed by atoms with Gasteiger partial charge in [-0.05, 0) is 60.0 Å². The normalized spacial score (nSPS) is 17.6. The number of carbonyl (C=O) groups excluding carboxylic acids is 1. The second-order valence-electron chi connectivity index (χ2n) is 8.59. The number of carbonyl (C=O) groups is 1. The maximum Gasteiger partial charge on any atom is 0.311 e. The van der Waals surface area contributed by atoms with E-state index in [0.717, 1.165) is 37.9 Å². The Kier molecular flexibility index (Phi) is 5.64. The molecule has 0 radical (unpaired) electrons. The highest BCUT2D eigenvalue weighted by Gasteiger charge is 2.37. The van der Waals surface area contributed by atoms with E-state index in [-0.39, 0.29) is 11.9 Å². The first kappa shape index (κ1) is 20.0. The van der Waals surface area contributed by atoms with Crippen LogP contribution in [0, 0.1) is 5.92 Å². The van der Waals surface area contributed by atoms with E-state index in [9.17, 15) is 4.79 Å². The molecule has 2 aromatic rings. The second-order valence-corrected chi connectivity index (χ2v) is 8.59. The van der Waals surface area contributed by atoms with Gasteiger partial charge in [0.05, 0.1) is 7.11 Å². The van der Waals surface area contributed by atoms with Crippen molar-refractivity contribution in [3.05, 3.63) is 47.0 Å². The van der Waals surface area contributed by atoms with Crippen molar-refractivity contribution >= 4 is 5.97 Å². The Morgan fingerprint density at radius 1 is 1.24 bits per heavy atom. The predicted molar refractivity (Wildman–Crippen MR) is 116 cm³/mol. The summed E-state index contributed by atoms with van der Waals surface area (Å²) in [6.07, 6.45) is 3.53. The molecular weight excluding hydrogens is 362 g/mol. The Morgan fingerprint density at radius 2 is 2.03 bits per heavy atom. The number of benzene rings is 2. The van der Waals surface area contributed by atoms with Crippen molar-refractivity contribution in [2.75, 3.05) is 20.2 Å². The van der Waals surface area contributed by atoms with E-state index in [0.29, 0.717) is 24.0 Å². The molecule has 1 atom stereocenters. The monoisotopic (exact) mass is 393 g/mol. The van der Waals surface area contributed by atoms with Crippen molar-refractivity contribution < 1.29 is 14.3 Å². The molecule has 4 heteroatoms. The highest BCUT2D eigenvalue weighted by molar-refractivity contribution is 5.86. The zero-order chi connectivity index (χ0) is 20.5. The van der Waals surface area contributed by atoms with Gasteiger partial charge in [-0.25, -0.2) is 0 Å². The van der Waals surface area contributed by atoms with Gasteiger partial charge < -0.3 is 9.47 Å². The lowest BCUT2D eigenvalue weighted by Gasteiger charge is -2.42. The number of methoxy groups -OCH3 is 1. The van der Waals surface area contributed by atoms with E-state index in [2.05, 4.69) is 42.2 Å². The highest BCUT2D eigenvalue weighted by Crippen LogP contribution is 2.52. The molecule has 0 saturated heterocycles. The fourth-order valence-corrected chi connectivity index (χ4v) is 4.84. The summed E-state index contributed by atoms with van der Waals surface area (Å²) in [5, 5.41) is 0. The molecule has 29 heavy (non-hydrogen) atoms. The molecule has 0 N–H and O–H groups in total. The lowest BCUT2D eigenvalue weighted by Crippen LogP contribution is -2.39. The summed E-state index contributed by atoms with van der Waals surface area (Å²) in [7, 11) is 1.66. The third kappa shape index (κ3) is 3.66. The largest absolute Gasteiger partial charge is 0.493 e. The van der Waals surface area contributed by atoms with Crippen LogP contribution in [-0.4, -0.2) is 31.1 Å². The van der Waals surface area contributed by atoms with Crippen LogP contribution in [0.3, 0.4) is 0 Å². The lowest BCUT2D eigenvalue weighted by atomic mass is 9.76. The van der Waals surface area contributed by atoms with Crippen molar-refractivity contribution in [3.8, 4) is 22.6 Å². The van der Waals surface area contributed by atoms with Crippen molar-refractivity contribution in [1.29, 1.82) is 0 Å². The van der Waals surface area contributed by atoms with E-state index >= 15 is 0 Å². The summed E-state index contributed by atoms with van der Waals surface area (Å²) in [5.74, 6) is 1.31. The van der Waals surface area contributed by atoms with E-state index in [1.54, 1.807) is 7.11 Å². The first-order valence-electron chi connectivity index (χ1n) is 10.8. The minimum atomic E-state index is -0.199. The van der Waals surface area contributed by atoms with Gasteiger partial charge in [0, 0.05) is 24.6 Å². The summed E-state index contributed by atoms with van der Waals surface area (Å²) in [4.78, 5) is 15.2. The number of hydrogen-bond donors (Lipinski definition) is 0. The van der Waals surface area contributed by atoms with Crippen LogP contribution in [0.25, 0.3) is 11.1 Å². The molecule has 1 aliphatic carbocycles. The standard InChI is InChI=1S/C25H31NO3/c1-5-11-26-12-10-18-15-21(28-4)25(29-22(27)13-16(2)3)24-19-9-7-6-8-17(19)14-20(26)23(18)24/h6-9,15-16,20H,5,10-14H2,1-4H3/t20-/m1/s1. The number of nitrogens with zero attached hydrogens (tertiary/aromatic N) is 1. The van der Waals surface area contributed by atoms with Crippen LogP contribution in [0.1, 0.15) is 56.3 Å². The zero-order valence-corrected chi connectivity index (χ0v) is 18.0. The SMILES string of the molecule is CCCN1CCc2cc(OC)c(OC(=O)CC(C)C)c3c2[C@H]1Cc1ccccc1-3. The van der Waals surface area contributed by atoms with Crippen LogP contribution >= 0.6 is 0 Å². The first-order chi connectivity index (χ1) is 14.0. The fraction of sp³-hybridized carbons (Fsp3) is 0.480. The number of hydrogen-bond acceptors (Lipinski definition) is 4. The molecule has 0 spiro atoms. The molecule has 0 amide bonds. The maximum atomic E-state index is 12.6. The predicted octanol–water partition coefficient (Wildman–Crippen LogP) is 5.18. The summed E-state index contributed by atoms with van der Waals surface area (Å²) in [6, 6.07) is 11.0. The van der Waals surface area contributed by atoms with E-state index < -0.39 is 0 Å². The Morgan fingerprint density at radius 3 is 2.76 bits per heavy atom. The first-order valence-corrected chi connectivity index (χ1v) is 10.8. The Labute approximate surface area is 173 Å². The minimum absolute atomic E-state index is 0.199. The third-order valence-corrected chi connectivity index (χ3v) is 6.04. The Bertz CT molecular complexity index is 919. The molecular formula is C25H31NO3. The van der Waals surface area contributed by atoms with Crippen molar-refractivity contribution in [2.24, 2.45) is 5.92 Å². The van der Waals surface area contributed by atoms with Gasteiger partial charge in [-0.3, -0.25) is 9.69 Å². The summed E-state index contributed by atoms with van der Waals surface area (Å²) in [6.45, 7) is 8.44. The summed E-state index contributed by atoms with van der Waals surface area (Å²) < 4.78 is 11.7. The van der Waals surface area contributed by atoms with Gasteiger partial charge in [0.15, 0.2) is 11.5 Å². The van der Waals surface area contributed by atoms with Gasteiger partial charge in [0.2, 0.25) is 0 Å². The van der Waals surface area contributed by atoms with E-state index in [1.807, 2.05) is 13.8 Å². The molecule has 0 fully saturated rings. The minimum Gasteiger partial charge on any atom is -0.493 e. The molecule has 4 rings (SSSR count). The van der Waals surface area contributed by atoms with Crippen LogP contribution in [0.5, 0.6) is 11.5 Å². The highest BCUT2D eigenvalue weighted by atomic mass is 16.6. The van der Waals surface area contributed by atoms with Gasteiger partial charge in [-0.15, -0.1) is 0 Å². The van der Waals surface area contributed by atoms with Crippen LogP contribution < -0.4 is 9.47 Å². The number of ether oxygens (including phenoxy) is 2. The molecule has 4 nitrogen and oxygen atoms in total. The van der Waals surface area contributed by atoms with Crippen molar-refractivity contribution in [2.45, 2.75) is 52.5 Å². The Balaban J connectivity index is 1.91. The molecule has 1 heterocycles. The van der Waals surface area contributed by atoms with Crippen LogP contribution in [0.4, 0.5) is 0 Å². The number of esters is 1. The average molecular weight is 394 g/mol. The average Bonchev–Trinajstić information content (AvgIpc) is 2.70. The molecule has 0 saturated carbocycles. The summed E-state index contributed by atoms with van der Waals surface area (Å²) in [5.41, 5.74) is 6.20. The molecule has 0 unspecified atom stereocenters. The molecule has 2 aromatic carbocycles. The fourth-order valence-electron chi connectivity index (χ4n) is 4.84. The molecule has 0 aromatic heterocycles. The topological polar surface area (TPSA) is 38.8 Å². The van der Waals surface area contributed by atoms with Gasteiger partial charge in [0.1, 0.15) is 0 Å². The van der Waals surface area contributed by atoms with Crippen LogP contribution in [0.15, 0.2) is 30.3 Å². The Hall–Kier alpha value is -2.33. The van der Waals surface area contributed by atoms with Gasteiger partial charge in [0.25, 0.3) is 0 Å². The van der Waals surface area contributed by atoms with Crippen molar-refractivity contribution in [3.63, 3.8) is 0 Å². The smallest absolute Gasteiger partial charge is 0.311 e. The quantitative estimate of drug-likeness (QED) is 0.501. The molecule has 154 valence electrons. The molecule has 2 aliphatic rings. The second kappa shape index (κ2) is 8.19. The van der Waals surface area contributed by atoms with Crippen LogP contribution in [-0.2, 0) is 17.6 Å². The van der Waals surface area contributed by atoms with Crippen LogP contribution in [0.2, 0.25) is 0 Å². The summed E-state index contributed by atoms with van der Waals surface area (Å²) >= 11 is 0. The maximum absolute atomic E-state index is 12.6. The van der Waals surface area contributed by atoms with E-state index in [4.69, 9.17) is 9.47 Å². The van der Waals surface area contributed by atoms with Crippen molar-refractivity contribution in [1.82, 2.24) is 4.90 Å². The molecule has 1 aliphatic heterocycles. The van der Waals surface area contributed by atoms with Gasteiger partial charge in [-0.2, -0.15) is 0 Å². The van der Waals surface area contributed by atoms with Gasteiger partial charge >= 0.3 is 5.97 Å². The van der Waals surface area contributed by atoms with Gasteiger partial charge in [-0.1, -0.05) is 45.0 Å².